The molecule has 2 aromatic rings. The molecule has 0 radical (unpaired) electrons. The van der Waals surface area contributed by atoms with Crippen molar-refractivity contribution in [3.8, 4) is 0 Å². The molecule has 0 saturated carbocycles. The van der Waals surface area contributed by atoms with E-state index < -0.39 is 5.82 Å². The Labute approximate surface area is 123 Å². The topological polar surface area (TPSA) is 29.1 Å². The van der Waals surface area contributed by atoms with Crippen molar-refractivity contribution in [2.24, 2.45) is 0 Å². The predicted molar refractivity (Wildman–Crippen MR) is 78.2 cm³/mol. The average Bonchev–Trinajstić information content (AvgIpc) is 2.36. The zero-order valence-electron chi connectivity index (χ0n) is 10.0. The van der Waals surface area contributed by atoms with Crippen molar-refractivity contribution < 1.29 is 9.18 Å². The molecule has 1 amide bonds. The molecule has 0 aliphatic heterocycles. The van der Waals surface area contributed by atoms with Gasteiger partial charge in [0.2, 0.25) is 0 Å². The highest BCUT2D eigenvalue weighted by Gasteiger charge is 2.10. The second-order valence-corrected chi connectivity index (χ2v) is 5.33. The number of carbonyl (C=O) groups is 1. The third-order valence-corrected chi connectivity index (χ3v) is 3.52. The molecule has 1 N–H and O–H groups in total. The van der Waals surface area contributed by atoms with E-state index in [9.17, 15) is 9.18 Å². The summed E-state index contributed by atoms with van der Waals surface area (Å²) in [6.07, 6.45) is 0. The summed E-state index contributed by atoms with van der Waals surface area (Å²) in [5.41, 5.74) is 1.92. The Balaban J connectivity index is 2.23. The van der Waals surface area contributed by atoms with Crippen LogP contribution in [0, 0.1) is 12.7 Å². The van der Waals surface area contributed by atoms with Crippen LogP contribution in [0.3, 0.4) is 0 Å². The van der Waals surface area contributed by atoms with Crippen LogP contribution in [-0.2, 0) is 0 Å². The SMILES string of the molecule is Cc1ccc(NC(=O)c2ccc(Cl)c(F)c2)c(Br)c1. The smallest absolute Gasteiger partial charge is 0.255 e. The standard InChI is InChI=1S/C14H10BrClFNO/c1-8-2-5-13(10(15)6-8)18-14(19)9-3-4-11(16)12(17)7-9/h2-7H,1H3,(H,18,19). The number of amides is 1. The number of hydrogen-bond donors (Lipinski definition) is 1. The normalized spacial score (nSPS) is 10.3. The van der Waals surface area contributed by atoms with Crippen LogP contribution < -0.4 is 5.32 Å². The Hall–Kier alpha value is -1.39. The number of halogens is 3. The Kier molecular flexibility index (Phi) is 4.22. The van der Waals surface area contributed by atoms with Crippen LogP contribution in [0.15, 0.2) is 40.9 Å². The number of benzene rings is 2. The Morgan fingerprint density at radius 1 is 1.26 bits per heavy atom. The average molecular weight is 343 g/mol. The Bertz CT molecular complexity index is 645. The van der Waals surface area contributed by atoms with E-state index in [1.165, 1.54) is 12.1 Å². The fraction of sp³-hybridized carbons (Fsp3) is 0.0714. The lowest BCUT2D eigenvalue weighted by molar-refractivity contribution is 0.102. The molecular formula is C14H10BrClFNO. The second-order valence-electron chi connectivity index (χ2n) is 4.07. The maximum Gasteiger partial charge on any atom is 0.255 e. The van der Waals surface area contributed by atoms with Gasteiger partial charge in [-0.2, -0.15) is 0 Å². The van der Waals surface area contributed by atoms with Gasteiger partial charge >= 0.3 is 0 Å². The first-order valence-electron chi connectivity index (χ1n) is 5.50. The summed E-state index contributed by atoms with van der Waals surface area (Å²) in [6, 6.07) is 9.49. The third-order valence-electron chi connectivity index (χ3n) is 2.55. The van der Waals surface area contributed by atoms with E-state index in [-0.39, 0.29) is 16.5 Å². The van der Waals surface area contributed by atoms with E-state index >= 15 is 0 Å². The fourth-order valence-electron chi connectivity index (χ4n) is 1.55. The van der Waals surface area contributed by atoms with Crippen LogP contribution >= 0.6 is 27.5 Å². The molecule has 19 heavy (non-hydrogen) atoms. The third kappa shape index (κ3) is 3.33. The first-order chi connectivity index (χ1) is 8.97. The predicted octanol–water partition coefficient (Wildman–Crippen LogP) is 4.80. The van der Waals surface area contributed by atoms with E-state index in [1.807, 2.05) is 19.1 Å². The number of rotatable bonds is 2. The molecule has 0 bridgehead atoms. The molecule has 0 aliphatic carbocycles. The van der Waals surface area contributed by atoms with Crippen LogP contribution in [0.1, 0.15) is 15.9 Å². The van der Waals surface area contributed by atoms with Crippen LogP contribution in [0.4, 0.5) is 10.1 Å². The first-order valence-corrected chi connectivity index (χ1v) is 6.67. The molecule has 0 aliphatic rings. The van der Waals surface area contributed by atoms with Crippen LogP contribution in [-0.4, -0.2) is 5.91 Å². The van der Waals surface area contributed by atoms with Gasteiger partial charge in [0.1, 0.15) is 5.82 Å². The van der Waals surface area contributed by atoms with Gasteiger partial charge in [0.05, 0.1) is 10.7 Å². The summed E-state index contributed by atoms with van der Waals surface area (Å²) in [7, 11) is 0. The van der Waals surface area contributed by atoms with Gasteiger partial charge in [0.15, 0.2) is 0 Å². The number of carbonyl (C=O) groups excluding carboxylic acids is 1. The maximum absolute atomic E-state index is 13.3. The number of anilines is 1. The zero-order valence-corrected chi connectivity index (χ0v) is 12.3. The Morgan fingerprint density at radius 2 is 2.00 bits per heavy atom. The maximum atomic E-state index is 13.3. The lowest BCUT2D eigenvalue weighted by atomic mass is 10.2. The molecule has 2 rings (SSSR count). The number of hydrogen-bond acceptors (Lipinski definition) is 1. The molecule has 98 valence electrons. The molecule has 0 heterocycles. The Morgan fingerprint density at radius 3 is 2.63 bits per heavy atom. The zero-order chi connectivity index (χ0) is 14.0. The van der Waals surface area contributed by atoms with Crippen molar-refractivity contribution in [2.45, 2.75) is 6.92 Å². The van der Waals surface area contributed by atoms with Gasteiger partial charge in [0.25, 0.3) is 5.91 Å². The lowest BCUT2D eigenvalue weighted by Crippen LogP contribution is -2.12. The van der Waals surface area contributed by atoms with Gasteiger partial charge in [-0.1, -0.05) is 17.7 Å². The lowest BCUT2D eigenvalue weighted by Gasteiger charge is -2.08. The van der Waals surface area contributed by atoms with Gasteiger partial charge in [-0.25, -0.2) is 4.39 Å². The van der Waals surface area contributed by atoms with Crippen molar-refractivity contribution in [2.75, 3.05) is 5.32 Å². The molecule has 2 nitrogen and oxygen atoms in total. The van der Waals surface area contributed by atoms with E-state index in [0.717, 1.165) is 16.1 Å². The summed E-state index contributed by atoms with van der Waals surface area (Å²) >= 11 is 8.94. The summed E-state index contributed by atoms with van der Waals surface area (Å²) < 4.78 is 14.1. The van der Waals surface area contributed by atoms with E-state index in [2.05, 4.69) is 21.2 Å². The van der Waals surface area contributed by atoms with Crippen LogP contribution in [0.5, 0.6) is 0 Å². The minimum absolute atomic E-state index is 0.00642. The highest BCUT2D eigenvalue weighted by Crippen LogP contribution is 2.24. The quantitative estimate of drug-likeness (QED) is 0.834. The molecule has 0 spiro atoms. The van der Waals surface area contributed by atoms with Crippen molar-refractivity contribution in [3.05, 3.63) is 62.8 Å². The second kappa shape index (κ2) is 5.72. The highest BCUT2D eigenvalue weighted by molar-refractivity contribution is 9.10. The fourth-order valence-corrected chi connectivity index (χ4v) is 2.26. The van der Waals surface area contributed by atoms with E-state index in [4.69, 9.17) is 11.6 Å². The summed E-state index contributed by atoms with van der Waals surface area (Å²) in [5.74, 6) is -1.00. The molecule has 0 unspecified atom stereocenters. The number of nitrogens with one attached hydrogen (secondary N) is 1. The first kappa shape index (κ1) is 14.0. The molecule has 0 aromatic heterocycles. The minimum atomic E-state index is -0.614. The largest absolute Gasteiger partial charge is 0.321 e. The van der Waals surface area contributed by atoms with Crippen molar-refractivity contribution in [1.29, 1.82) is 0 Å². The van der Waals surface area contributed by atoms with Gasteiger partial charge in [0, 0.05) is 10.0 Å². The van der Waals surface area contributed by atoms with Crippen molar-refractivity contribution in [3.63, 3.8) is 0 Å². The van der Waals surface area contributed by atoms with E-state index in [0.29, 0.717) is 5.69 Å². The molecule has 0 atom stereocenters. The van der Waals surface area contributed by atoms with Crippen molar-refractivity contribution in [1.82, 2.24) is 0 Å². The molecule has 5 heteroatoms. The summed E-state index contributed by atoms with van der Waals surface area (Å²) in [4.78, 5) is 12.0. The highest BCUT2D eigenvalue weighted by atomic mass is 79.9. The minimum Gasteiger partial charge on any atom is -0.321 e. The van der Waals surface area contributed by atoms with Crippen molar-refractivity contribution >= 4 is 39.1 Å². The monoisotopic (exact) mass is 341 g/mol. The summed E-state index contributed by atoms with van der Waals surface area (Å²) in [6.45, 7) is 1.95. The van der Waals surface area contributed by atoms with Gasteiger partial charge in [-0.15, -0.1) is 0 Å². The van der Waals surface area contributed by atoms with Gasteiger partial charge in [-0.05, 0) is 58.7 Å². The van der Waals surface area contributed by atoms with E-state index in [1.54, 1.807) is 6.07 Å². The van der Waals surface area contributed by atoms with Gasteiger partial charge in [-0.3, -0.25) is 4.79 Å². The molecular weight excluding hydrogens is 333 g/mol. The molecule has 0 fully saturated rings. The van der Waals surface area contributed by atoms with Gasteiger partial charge < -0.3 is 5.32 Å². The molecule has 2 aromatic carbocycles. The molecule has 0 saturated heterocycles. The number of aryl methyl sites for hydroxylation is 1. The van der Waals surface area contributed by atoms with Crippen LogP contribution in [0.2, 0.25) is 5.02 Å². The van der Waals surface area contributed by atoms with Crippen LogP contribution in [0.25, 0.3) is 0 Å². The summed E-state index contributed by atoms with van der Waals surface area (Å²) in [5, 5.41) is 2.70.